The molecule has 0 bridgehead atoms. The van der Waals surface area contributed by atoms with Crippen LogP contribution < -0.4 is 5.32 Å². The van der Waals surface area contributed by atoms with Crippen LogP contribution >= 0.6 is 0 Å². The van der Waals surface area contributed by atoms with E-state index in [1.807, 2.05) is 0 Å². The minimum Gasteiger partial charge on any atom is -0.377 e. The first-order valence-corrected chi connectivity index (χ1v) is 6.77. The van der Waals surface area contributed by atoms with Crippen molar-refractivity contribution in [1.29, 1.82) is 0 Å². The highest BCUT2D eigenvalue weighted by Crippen LogP contribution is 2.07. The summed E-state index contributed by atoms with van der Waals surface area (Å²) in [7, 11) is 0. The molecular weight excluding hydrogens is 216 g/mol. The summed E-state index contributed by atoms with van der Waals surface area (Å²) < 4.78 is 11.2. The minimum absolute atomic E-state index is 0.319. The minimum atomic E-state index is 0.319. The largest absolute Gasteiger partial charge is 0.377 e. The normalized spacial score (nSPS) is 22.6. The van der Waals surface area contributed by atoms with Gasteiger partial charge in [0, 0.05) is 32.2 Å². The molecule has 1 fully saturated rings. The Morgan fingerprint density at radius 1 is 1.35 bits per heavy atom. The molecule has 0 aromatic carbocycles. The monoisotopic (exact) mass is 244 g/mol. The van der Waals surface area contributed by atoms with Crippen LogP contribution in [-0.4, -0.2) is 62.5 Å². The number of hydrogen-bond acceptors (Lipinski definition) is 4. The Morgan fingerprint density at radius 2 is 2.12 bits per heavy atom. The number of morpholine rings is 1. The predicted molar refractivity (Wildman–Crippen MR) is 70.4 cm³/mol. The van der Waals surface area contributed by atoms with Gasteiger partial charge in [0.2, 0.25) is 0 Å². The van der Waals surface area contributed by atoms with E-state index in [9.17, 15) is 0 Å². The average molecular weight is 244 g/mol. The summed E-state index contributed by atoms with van der Waals surface area (Å²) in [6.07, 6.45) is 0.643. The van der Waals surface area contributed by atoms with Crippen molar-refractivity contribution in [2.75, 3.05) is 39.4 Å². The van der Waals surface area contributed by atoms with E-state index in [2.05, 4.69) is 37.9 Å². The van der Waals surface area contributed by atoms with Crippen LogP contribution in [0.3, 0.4) is 0 Å². The van der Waals surface area contributed by atoms with Crippen molar-refractivity contribution in [3.05, 3.63) is 0 Å². The zero-order valence-corrected chi connectivity index (χ0v) is 11.7. The van der Waals surface area contributed by atoms with Crippen molar-refractivity contribution in [3.8, 4) is 0 Å². The van der Waals surface area contributed by atoms with Crippen LogP contribution in [0.1, 0.15) is 27.7 Å². The zero-order chi connectivity index (χ0) is 12.7. The van der Waals surface area contributed by atoms with Crippen LogP contribution in [0, 0.1) is 0 Å². The van der Waals surface area contributed by atoms with Gasteiger partial charge in [0.15, 0.2) is 0 Å². The van der Waals surface area contributed by atoms with Gasteiger partial charge in [-0.3, -0.25) is 4.90 Å². The Kier molecular flexibility index (Phi) is 7.04. The first-order chi connectivity index (χ1) is 8.09. The van der Waals surface area contributed by atoms with Gasteiger partial charge in [-0.05, 0) is 27.7 Å². The molecule has 1 rings (SSSR count). The van der Waals surface area contributed by atoms with Gasteiger partial charge in [0.1, 0.15) is 0 Å². The highest BCUT2D eigenvalue weighted by atomic mass is 16.5. The molecule has 0 amide bonds. The van der Waals surface area contributed by atoms with Crippen LogP contribution in [0.5, 0.6) is 0 Å². The quantitative estimate of drug-likeness (QED) is 0.680. The third-order valence-corrected chi connectivity index (χ3v) is 3.00. The second-order valence-corrected chi connectivity index (χ2v) is 5.21. The first-order valence-electron chi connectivity index (χ1n) is 6.77. The molecule has 0 saturated carbocycles. The first kappa shape index (κ1) is 14.9. The lowest BCUT2D eigenvalue weighted by molar-refractivity contribution is -0.0378. The lowest BCUT2D eigenvalue weighted by Crippen LogP contribution is -2.49. The van der Waals surface area contributed by atoms with Crippen molar-refractivity contribution in [1.82, 2.24) is 10.2 Å². The maximum atomic E-state index is 5.74. The molecule has 1 saturated heterocycles. The Morgan fingerprint density at radius 3 is 2.76 bits per heavy atom. The molecule has 17 heavy (non-hydrogen) atoms. The predicted octanol–water partition coefficient (Wildman–Crippen LogP) is 1.11. The molecule has 0 aromatic heterocycles. The smallest absolute Gasteiger partial charge is 0.0826 e. The molecule has 1 aliphatic rings. The number of nitrogens with one attached hydrogen (secondary N) is 1. The SMILES string of the molecule is CC(C)OCCNCC1CN(C(C)C)CCO1. The van der Waals surface area contributed by atoms with Crippen molar-refractivity contribution in [2.45, 2.75) is 45.9 Å². The highest BCUT2D eigenvalue weighted by Gasteiger charge is 2.21. The summed E-state index contributed by atoms with van der Waals surface area (Å²) >= 11 is 0. The fraction of sp³-hybridized carbons (Fsp3) is 1.00. The Hall–Kier alpha value is -0.160. The summed E-state index contributed by atoms with van der Waals surface area (Å²) in [6.45, 7) is 14.2. The van der Waals surface area contributed by atoms with E-state index in [1.165, 1.54) is 0 Å². The fourth-order valence-electron chi connectivity index (χ4n) is 1.96. The van der Waals surface area contributed by atoms with Gasteiger partial charge in [-0.1, -0.05) is 0 Å². The van der Waals surface area contributed by atoms with E-state index in [0.717, 1.165) is 39.4 Å². The number of ether oxygens (including phenoxy) is 2. The van der Waals surface area contributed by atoms with E-state index < -0.39 is 0 Å². The van der Waals surface area contributed by atoms with Crippen LogP contribution in [0.25, 0.3) is 0 Å². The van der Waals surface area contributed by atoms with Gasteiger partial charge >= 0.3 is 0 Å². The molecule has 0 spiro atoms. The number of hydrogen-bond donors (Lipinski definition) is 1. The van der Waals surface area contributed by atoms with Gasteiger partial charge in [0.05, 0.1) is 25.4 Å². The van der Waals surface area contributed by atoms with Gasteiger partial charge < -0.3 is 14.8 Å². The third kappa shape index (κ3) is 6.36. The molecule has 102 valence electrons. The molecule has 4 nitrogen and oxygen atoms in total. The van der Waals surface area contributed by atoms with Crippen LogP contribution in [0.15, 0.2) is 0 Å². The van der Waals surface area contributed by atoms with E-state index in [-0.39, 0.29) is 0 Å². The summed E-state index contributed by atoms with van der Waals surface area (Å²) in [5.74, 6) is 0. The standard InChI is InChI=1S/C13H28N2O2/c1-11(2)15-6-8-17-13(10-15)9-14-5-7-16-12(3)4/h11-14H,5-10H2,1-4H3. The molecule has 1 aliphatic heterocycles. The average Bonchev–Trinajstić information content (AvgIpc) is 2.28. The van der Waals surface area contributed by atoms with Gasteiger partial charge in [0.25, 0.3) is 0 Å². The van der Waals surface area contributed by atoms with Crippen molar-refractivity contribution >= 4 is 0 Å². The highest BCUT2D eigenvalue weighted by molar-refractivity contribution is 4.75. The Balaban J connectivity index is 2.06. The maximum absolute atomic E-state index is 5.74. The second kappa shape index (κ2) is 8.03. The summed E-state index contributed by atoms with van der Waals surface area (Å²) in [4.78, 5) is 2.47. The van der Waals surface area contributed by atoms with E-state index in [1.54, 1.807) is 0 Å². The lowest BCUT2D eigenvalue weighted by Gasteiger charge is -2.35. The molecule has 0 aliphatic carbocycles. The molecule has 1 atom stereocenters. The van der Waals surface area contributed by atoms with Crippen LogP contribution in [0.2, 0.25) is 0 Å². The molecule has 1 unspecified atom stereocenters. The fourth-order valence-corrected chi connectivity index (χ4v) is 1.96. The molecule has 0 aromatic rings. The molecule has 1 heterocycles. The number of rotatable bonds is 7. The summed E-state index contributed by atoms with van der Waals surface area (Å²) in [6, 6.07) is 0.616. The second-order valence-electron chi connectivity index (χ2n) is 5.21. The van der Waals surface area contributed by atoms with E-state index in [0.29, 0.717) is 18.2 Å². The van der Waals surface area contributed by atoms with Crippen LogP contribution in [0.4, 0.5) is 0 Å². The van der Waals surface area contributed by atoms with Gasteiger partial charge in [-0.25, -0.2) is 0 Å². The van der Waals surface area contributed by atoms with Crippen molar-refractivity contribution < 1.29 is 9.47 Å². The Labute approximate surface area is 106 Å². The van der Waals surface area contributed by atoms with Gasteiger partial charge in [-0.2, -0.15) is 0 Å². The summed E-state index contributed by atoms with van der Waals surface area (Å²) in [5.41, 5.74) is 0. The molecular formula is C13H28N2O2. The topological polar surface area (TPSA) is 33.7 Å². The van der Waals surface area contributed by atoms with Crippen molar-refractivity contribution in [2.24, 2.45) is 0 Å². The van der Waals surface area contributed by atoms with E-state index >= 15 is 0 Å². The molecule has 1 N–H and O–H groups in total. The summed E-state index contributed by atoms with van der Waals surface area (Å²) in [5, 5.41) is 3.39. The molecule has 4 heteroatoms. The van der Waals surface area contributed by atoms with Crippen molar-refractivity contribution in [3.63, 3.8) is 0 Å². The third-order valence-electron chi connectivity index (χ3n) is 3.00. The maximum Gasteiger partial charge on any atom is 0.0826 e. The number of nitrogens with zero attached hydrogens (tertiary/aromatic N) is 1. The van der Waals surface area contributed by atoms with Gasteiger partial charge in [-0.15, -0.1) is 0 Å². The Bertz CT molecular complexity index is 198. The lowest BCUT2D eigenvalue weighted by atomic mass is 10.2. The van der Waals surface area contributed by atoms with Crippen LogP contribution in [-0.2, 0) is 9.47 Å². The zero-order valence-electron chi connectivity index (χ0n) is 11.7. The van der Waals surface area contributed by atoms with E-state index in [4.69, 9.17) is 9.47 Å². The molecule has 0 radical (unpaired) electrons.